The molecule has 0 spiro atoms. The Bertz CT molecular complexity index is 1070. The summed E-state index contributed by atoms with van der Waals surface area (Å²) in [6.07, 6.45) is 0.124. The summed E-state index contributed by atoms with van der Waals surface area (Å²) in [5.41, 5.74) is 1.02. The molecule has 4 rings (SSSR count). The standard InChI is InChI=1S/C20H20FN5O2.ClH/c21-15-5-3-4-14(12-15)18-13-22-9-11-25(18)19(27)8-10-26-20(28)16-6-1-2-7-17(16)23-24-26;/h1-7,12,18,22H,8-11,13H2;1H. The molecular formula is C20H21ClFN5O2. The molecule has 29 heavy (non-hydrogen) atoms. The van der Waals surface area contributed by atoms with Crippen molar-refractivity contribution >= 4 is 29.2 Å². The number of hydrogen-bond acceptors (Lipinski definition) is 5. The van der Waals surface area contributed by atoms with Crippen LogP contribution in [0.2, 0.25) is 0 Å². The van der Waals surface area contributed by atoms with Crippen molar-refractivity contribution in [1.29, 1.82) is 0 Å². The summed E-state index contributed by atoms with van der Waals surface area (Å²) in [4.78, 5) is 27.1. The predicted molar refractivity (Wildman–Crippen MR) is 109 cm³/mol. The molecule has 0 aliphatic carbocycles. The Kier molecular flexibility index (Phi) is 6.56. The van der Waals surface area contributed by atoms with Crippen LogP contribution in [0.4, 0.5) is 4.39 Å². The molecule has 1 aromatic heterocycles. The van der Waals surface area contributed by atoms with Gasteiger partial charge in [0.25, 0.3) is 5.56 Å². The Morgan fingerprint density at radius 2 is 2.03 bits per heavy atom. The second-order valence-corrected chi connectivity index (χ2v) is 6.75. The Morgan fingerprint density at radius 3 is 2.86 bits per heavy atom. The van der Waals surface area contributed by atoms with E-state index in [1.165, 1.54) is 16.8 Å². The fourth-order valence-electron chi connectivity index (χ4n) is 3.53. The average Bonchev–Trinajstić information content (AvgIpc) is 2.73. The van der Waals surface area contributed by atoms with Gasteiger partial charge in [0.1, 0.15) is 11.3 Å². The summed E-state index contributed by atoms with van der Waals surface area (Å²) in [5.74, 6) is -0.425. The molecule has 2 aromatic carbocycles. The first-order chi connectivity index (χ1) is 13.6. The molecule has 1 aliphatic heterocycles. The highest BCUT2D eigenvalue weighted by atomic mass is 35.5. The molecule has 7 nitrogen and oxygen atoms in total. The molecule has 1 amide bonds. The van der Waals surface area contributed by atoms with E-state index in [0.717, 1.165) is 5.56 Å². The largest absolute Gasteiger partial charge is 0.333 e. The maximum absolute atomic E-state index is 13.6. The van der Waals surface area contributed by atoms with E-state index in [0.29, 0.717) is 30.5 Å². The monoisotopic (exact) mass is 417 g/mol. The number of rotatable bonds is 4. The van der Waals surface area contributed by atoms with Crippen molar-refractivity contribution < 1.29 is 9.18 Å². The summed E-state index contributed by atoms with van der Waals surface area (Å²) in [6, 6.07) is 13.0. The topological polar surface area (TPSA) is 80.1 Å². The van der Waals surface area contributed by atoms with Gasteiger partial charge in [-0.05, 0) is 29.8 Å². The highest BCUT2D eigenvalue weighted by Crippen LogP contribution is 2.23. The van der Waals surface area contributed by atoms with Crippen LogP contribution < -0.4 is 10.9 Å². The van der Waals surface area contributed by atoms with Gasteiger partial charge in [-0.3, -0.25) is 9.59 Å². The van der Waals surface area contributed by atoms with E-state index in [4.69, 9.17) is 0 Å². The van der Waals surface area contributed by atoms with Crippen molar-refractivity contribution in [3.63, 3.8) is 0 Å². The lowest BCUT2D eigenvalue weighted by Gasteiger charge is -2.36. The molecule has 1 aliphatic rings. The number of halogens is 2. The molecule has 152 valence electrons. The fraction of sp³-hybridized carbons (Fsp3) is 0.300. The minimum Gasteiger partial charge on any atom is -0.333 e. The zero-order chi connectivity index (χ0) is 19.5. The van der Waals surface area contributed by atoms with Crippen LogP contribution >= 0.6 is 12.4 Å². The molecule has 1 fully saturated rings. The number of aryl methyl sites for hydroxylation is 1. The third-order valence-electron chi connectivity index (χ3n) is 4.96. The molecule has 1 atom stereocenters. The maximum Gasteiger partial charge on any atom is 0.277 e. The molecule has 2 heterocycles. The average molecular weight is 418 g/mol. The smallest absolute Gasteiger partial charge is 0.277 e. The lowest BCUT2D eigenvalue weighted by Crippen LogP contribution is -2.49. The van der Waals surface area contributed by atoms with E-state index >= 15 is 0 Å². The third kappa shape index (κ3) is 4.44. The number of piperazine rings is 1. The molecule has 1 saturated heterocycles. The van der Waals surface area contributed by atoms with Crippen molar-refractivity contribution in [2.75, 3.05) is 19.6 Å². The van der Waals surface area contributed by atoms with Crippen LogP contribution in [0.1, 0.15) is 18.0 Å². The summed E-state index contributed by atoms with van der Waals surface area (Å²) >= 11 is 0. The Balaban J connectivity index is 0.00000240. The van der Waals surface area contributed by atoms with E-state index < -0.39 is 0 Å². The second kappa shape index (κ2) is 9.11. The third-order valence-corrected chi connectivity index (χ3v) is 4.96. The lowest BCUT2D eigenvalue weighted by atomic mass is 10.0. The first-order valence-corrected chi connectivity index (χ1v) is 9.22. The Labute approximate surface area is 172 Å². The highest BCUT2D eigenvalue weighted by molar-refractivity contribution is 5.85. The number of hydrogen-bond donors (Lipinski definition) is 1. The zero-order valence-corrected chi connectivity index (χ0v) is 16.4. The van der Waals surface area contributed by atoms with Crippen LogP contribution in [-0.4, -0.2) is 45.4 Å². The van der Waals surface area contributed by atoms with Crippen LogP contribution in [-0.2, 0) is 11.3 Å². The van der Waals surface area contributed by atoms with E-state index in [1.807, 2.05) is 6.07 Å². The van der Waals surface area contributed by atoms with Gasteiger partial charge in [0.2, 0.25) is 5.91 Å². The van der Waals surface area contributed by atoms with E-state index in [2.05, 4.69) is 15.6 Å². The number of benzene rings is 2. The highest BCUT2D eigenvalue weighted by Gasteiger charge is 2.28. The first-order valence-electron chi connectivity index (χ1n) is 9.22. The van der Waals surface area contributed by atoms with E-state index in [-0.39, 0.29) is 48.7 Å². The predicted octanol–water partition coefficient (Wildman–Crippen LogP) is 1.92. The number of fused-ring (bicyclic) bond motifs is 1. The minimum atomic E-state index is -0.325. The number of carbonyl (C=O) groups is 1. The Morgan fingerprint density at radius 1 is 1.21 bits per heavy atom. The SMILES string of the molecule is Cl.O=C(CCn1nnc2ccccc2c1=O)N1CCNCC1c1cccc(F)c1. The normalized spacial score (nSPS) is 16.4. The summed E-state index contributed by atoms with van der Waals surface area (Å²) < 4.78 is 14.8. The minimum absolute atomic E-state index is 0. The van der Waals surface area contributed by atoms with Gasteiger partial charge in [-0.15, -0.1) is 17.5 Å². The number of nitrogens with one attached hydrogen (secondary N) is 1. The number of nitrogens with zero attached hydrogens (tertiary/aromatic N) is 4. The van der Waals surface area contributed by atoms with Gasteiger partial charge < -0.3 is 10.2 Å². The number of amides is 1. The molecule has 9 heteroatoms. The van der Waals surface area contributed by atoms with E-state index in [1.54, 1.807) is 35.2 Å². The van der Waals surface area contributed by atoms with Crippen molar-refractivity contribution in [1.82, 2.24) is 25.2 Å². The fourth-order valence-corrected chi connectivity index (χ4v) is 3.53. The van der Waals surface area contributed by atoms with Gasteiger partial charge in [-0.1, -0.05) is 29.5 Å². The molecule has 1 unspecified atom stereocenters. The van der Waals surface area contributed by atoms with Gasteiger partial charge >= 0.3 is 0 Å². The van der Waals surface area contributed by atoms with Crippen molar-refractivity contribution in [2.45, 2.75) is 19.0 Å². The van der Waals surface area contributed by atoms with Gasteiger partial charge in [0, 0.05) is 26.1 Å². The maximum atomic E-state index is 13.6. The van der Waals surface area contributed by atoms with Crippen LogP contribution in [0.3, 0.4) is 0 Å². The van der Waals surface area contributed by atoms with Crippen LogP contribution in [0.15, 0.2) is 53.3 Å². The number of aromatic nitrogens is 3. The van der Waals surface area contributed by atoms with E-state index in [9.17, 15) is 14.0 Å². The molecule has 3 aromatic rings. The van der Waals surface area contributed by atoms with Crippen molar-refractivity contribution in [3.05, 3.63) is 70.3 Å². The molecule has 0 saturated carbocycles. The van der Waals surface area contributed by atoms with Gasteiger partial charge in [-0.25, -0.2) is 9.07 Å². The van der Waals surface area contributed by atoms with Crippen LogP contribution in [0, 0.1) is 5.82 Å². The second-order valence-electron chi connectivity index (χ2n) is 6.75. The van der Waals surface area contributed by atoms with Crippen LogP contribution in [0.5, 0.6) is 0 Å². The van der Waals surface area contributed by atoms with Crippen LogP contribution in [0.25, 0.3) is 10.9 Å². The van der Waals surface area contributed by atoms with Crippen molar-refractivity contribution in [2.24, 2.45) is 0 Å². The van der Waals surface area contributed by atoms with Gasteiger partial charge in [0.15, 0.2) is 0 Å². The molecular weight excluding hydrogens is 397 g/mol. The molecule has 0 radical (unpaired) electrons. The molecule has 1 N–H and O–H groups in total. The summed E-state index contributed by atoms with van der Waals surface area (Å²) in [5, 5.41) is 11.7. The van der Waals surface area contributed by atoms with Gasteiger partial charge in [-0.2, -0.15) is 0 Å². The molecule has 0 bridgehead atoms. The van der Waals surface area contributed by atoms with Gasteiger partial charge in [0.05, 0.1) is 18.0 Å². The number of carbonyl (C=O) groups excluding carboxylic acids is 1. The first kappa shape index (κ1) is 20.9. The summed E-state index contributed by atoms with van der Waals surface area (Å²) in [6.45, 7) is 1.91. The Hall–Kier alpha value is -2.84. The summed E-state index contributed by atoms with van der Waals surface area (Å²) in [7, 11) is 0. The van der Waals surface area contributed by atoms with Crippen molar-refractivity contribution in [3.8, 4) is 0 Å². The zero-order valence-electron chi connectivity index (χ0n) is 15.6. The quantitative estimate of drug-likeness (QED) is 0.701. The lowest BCUT2D eigenvalue weighted by molar-refractivity contribution is -0.134.